The predicted molar refractivity (Wildman–Crippen MR) is 122 cm³/mol. The van der Waals surface area contributed by atoms with Crippen molar-refractivity contribution in [3.63, 3.8) is 0 Å². The number of rotatable bonds is 5. The molecule has 0 radical (unpaired) electrons. The zero-order valence-electron chi connectivity index (χ0n) is 16.9. The van der Waals surface area contributed by atoms with E-state index in [1.807, 2.05) is 49.4 Å². The normalized spacial score (nSPS) is 11.1. The second-order valence-corrected chi connectivity index (χ2v) is 10.7. The molecule has 0 aliphatic carbocycles. The Morgan fingerprint density at radius 2 is 1.48 bits per heavy atom. The Bertz CT molecular complexity index is 928. The standard InChI is InChI=1S/C24H25NO.2ClH.Zr/c1-4-25-17-20-15-19(18-11-7-5-8-12-18)16-22(23(20)26)24(2,3)21-13-9-6-10-14-21;;;/h5-17,26H,4H2,1-3H3;2*1H;/q;;;+2/p-2. The summed E-state index contributed by atoms with van der Waals surface area (Å²) in [5, 5.41) is 11.0. The molecular weight excluding hydrogens is 480 g/mol. The van der Waals surface area contributed by atoms with E-state index in [0.29, 0.717) is 12.3 Å². The van der Waals surface area contributed by atoms with Crippen LogP contribution in [0.1, 0.15) is 37.5 Å². The number of hydrogen-bond donors (Lipinski definition) is 1. The number of hydrogen-bond acceptors (Lipinski definition) is 2. The summed E-state index contributed by atoms with van der Waals surface area (Å²) in [6.07, 6.45) is 1.77. The summed E-state index contributed by atoms with van der Waals surface area (Å²) in [7, 11) is 9.87. The molecule has 0 heterocycles. The van der Waals surface area contributed by atoms with Crippen LogP contribution in [-0.4, -0.2) is 17.9 Å². The van der Waals surface area contributed by atoms with Crippen molar-refractivity contribution in [1.82, 2.24) is 0 Å². The monoisotopic (exact) mass is 503 g/mol. The van der Waals surface area contributed by atoms with Crippen LogP contribution >= 0.6 is 17.0 Å². The van der Waals surface area contributed by atoms with Gasteiger partial charge >= 0.3 is 37.9 Å². The fourth-order valence-corrected chi connectivity index (χ4v) is 3.23. The molecular formula is C24H25Cl2NOZr. The van der Waals surface area contributed by atoms with Crippen LogP contribution in [0.3, 0.4) is 0 Å². The van der Waals surface area contributed by atoms with E-state index in [2.05, 4.69) is 49.2 Å². The van der Waals surface area contributed by atoms with Crippen LogP contribution in [-0.2, 0) is 26.3 Å². The molecule has 3 aromatic carbocycles. The van der Waals surface area contributed by atoms with Gasteiger partial charge in [-0.25, -0.2) is 0 Å². The Morgan fingerprint density at radius 1 is 0.931 bits per heavy atom. The van der Waals surface area contributed by atoms with Crippen molar-refractivity contribution in [2.45, 2.75) is 26.2 Å². The van der Waals surface area contributed by atoms with E-state index in [1.54, 1.807) is 6.21 Å². The van der Waals surface area contributed by atoms with Crippen molar-refractivity contribution < 1.29 is 26.0 Å². The van der Waals surface area contributed by atoms with Crippen molar-refractivity contribution >= 4 is 23.2 Å². The van der Waals surface area contributed by atoms with Gasteiger partial charge in [0.2, 0.25) is 0 Å². The van der Waals surface area contributed by atoms with Crippen molar-refractivity contribution in [3.8, 4) is 16.9 Å². The first kappa shape index (κ1) is 23.9. The summed E-state index contributed by atoms with van der Waals surface area (Å²) in [5.74, 6) is 0.302. The van der Waals surface area contributed by atoms with Crippen LogP contribution < -0.4 is 0 Å². The van der Waals surface area contributed by atoms with E-state index in [0.717, 1.165) is 22.3 Å². The van der Waals surface area contributed by atoms with Gasteiger partial charge in [-0.2, -0.15) is 0 Å². The number of phenolic OH excluding ortho intramolecular Hbond substituents is 1. The average molecular weight is 506 g/mol. The SMILES string of the molecule is CCN=Cc1cc(-c2ccccc2)cc(C(C)(C)c2ccccc2)c1O.[Cl][Zr][Cl]. The van der Waals surface area contributed by atoms with Gasteiger partial charge in [0, 0.05) is 29.3 Å². The third-order valence-electron chi connectivity index (χ3n) is 4.83. The third kappa shape index (κ3) is 6.28. The molecule has 0 aliphatic heterocycles. The fourth-order valence-electron chi connectivity index (χ4n) is 3.23. The number of nitrogens with zero attached hydrogens (tertiary/aromatic N) is 1. The second-order valence-electron chi connectivity index (χ2n) is 7.02. The van der Waals surface area contributed by atoms with E-state index >= 15 is 0 Å². The molecule has 0 bridgehead atoms. The molecule has 0 aromatic heterocycles. The van der Waals surface area contributed by atoms with Crippen LogP contribution in [0, 0.1) is 0 Å². The van der Waals surface area contributed by atoms with Gasteiger partial charge in [-0.15, -0.1) is 0 Å². The van der Waals surface area contributed by atoms with Crippen LogP contribution in [0.2, 0.25) is 0 Å². The molecule has 1 N–H and O–H groups in total. The molecule has 3 aromatic rings. The molecule has 0 amide bonds. The van der Waals surface area contributed by atoms with Gasteiger partial charge in [-0.3, -0.25) is 4.99 Å². The molecule has 5 heteroatoms. The summed E-state index contributed by atoms with van der Waals surface area (Å²) in [6.45, 7) is 6.97. The Labute approximate surface area is 192 Å². The molecule has 0 unspecified atom stereocenters. The first-order valence-corrected chi connectivity index (χ1v) is 15.7. The molecule has 0 atom stereocenters. The average Bonchev–Trinajstić information content (AvgIpc) is 2.74. The minimum absolute atomic E-state index is 0.302. The topological polar surface area (TPSA) is 32.6 Å². The van der Waals surface area contributed by atoms with Crippen LogP contribution in [0.4, 0.5) is 0 Å². The first-order chi connectivity index (χ1) is 14.0. The molecule has 3 rings (SSSR count). The van der Waals surface area contributed by atoms with Gasteiger partial charge in [-0.05, 0) is 35.7 Å². The molecule has 2 nitrogen and oxygen atoms in total. The van der Waals surface area contributed by atoms with E-state index in [1.165, 1.54) is 5.56 Å². The first-order valence-electron chi connectivity index (χ1n) is 9.40. The van der Waals surface area contributed by atoms with Crippen molar-refractivity contribution in [3.05, 3.63) is 89.5 Å². The number of aromatic hydroxyl groups is 1. The number of benzene rings is 3. The number of halogens is 2. The second kappa shape index (κ2) is 11.7. The Hall–Kier alpha value is -1.41. The fraction of sp³-hybridized carbons (Fsp3) is 0.208. The Balaban J connectivity index is 0.000000941. The summed E-state index contributed by atoms with van der Waals surface area (Å²) in [5.41, 5.74) is 4.71. The maximum atomic E-state index is 11.0. The molecule has 0 spiro atoms. The minimum atomic E-state index is -0.826. The zero-order chi connectivity index (χ0) is 21.3. The maximum absolute atomic E-state index is 11.0. The quantitative estimate of drug-likeness (QED) is 0.366. The van der Waals surface area contributed by atoms with E-state index in [-0.39, 0.29) is 5.41 Å². The Morgan fingerprint density at radius 3 is 2.03 bits per heavy atom. The summed E-state index contributed by atoms with van der Waals surface area (Å²) < 4.78 is 0. The van der Waals surface area contributed by atoms with Gasteiger partial charge in [0.15, 0.2) is 0 Å². The van der Waals surface area contributed by atoms with Crippen LogP contribution in [0.5, 0.6) is 5.75 Å². The molecule has 0 saturated heterocycles. The zero-order valence-corrected chi connectivity index (χ0v) is 20.8. The van der Waals surface area contributed by atoms with Gasteiger partial charge in [0.25, 0.3) is 0 Å². The van der Waals surface area contributed by atoms with Crippen molar-refractivity contribution in [2.75, 3.05) is 6.54 Å². The molecule has 0 saturated carbocycles. The molecule has 150 valence electrons. The summed E-state index contributed by atoms with van der Waals surface area (Å²) in [4.78, 5) is 4.35. The summed E-state index contributed by atoms with van der Waals surface area (Å²) in [6, 6.07) is 24.7. The Kier molecular flexibility index (Phi) is 9.63. The molecule has 0 aliphatic rings. The van der Waals surface area contributed by atoms with E-state index in [4.69, 9.17) is 17.0 Å². The van der Waals surface area contributed by atoms with Gasteiger partial charge in [-0.1, -0.05) is 74.5 Å². The van der Waals surface area contributed by atoms with E-state index in [9.17, 15) is 5.11 Å². The number of phenols is 1. The molecule has 0 fully saturated rings. The summed E-state index contributed by atoms with van der Waals surface area (Å²) >= 11 is -0.826. The van der Waals surface area contributed by atoms with E-state index < -0.39 is 20.8 Å². The molecule has 29 heavy (non-hydrogen) atoms. The van der Waals surface area contributed by atoms with Gasteiger partial charge < -0.3 is 5.11 Å². The van der Waals surface area contributed by atoms with Gasteiger partial charge in [0.1, 0.15) is 5.75 Å². The van der Waals surface area contributed by atoms with Gasteiger partial charge in [0.05, 0.1) is 0 Å². The van der Waals surface area contributed by atoms with Crippen molar-refractivity contribution in [1.29, 1.82) is 0 Å². The van der Waals surface area contributed by atoms with Crippen LogP contribution in [0.15, 0.2) is 77.8 Å². The third-order valence-corrected chi connectivity index (χ3v) is 4.83. The van der Waals surface area contributed by atoms with Crippen molar-refractivity contribution in [2.24, 2.45) is 4.99 Å². The number of aliphatic imine (C=N–C) groups is 1. The predicted octanol–water partition coefficient (Wildman–Crippen LogP) is 7.20. The van der Waals surface area contributed by atoms with Crippen LogP contribution in [0.25, 0.3) is 11.1 Å².